The van der Waals surface area contributed by atoms with Crippen LogP contribution in [-0.4, -0.2) is 0 Å². The van der Waals surface area contributed by atoms with Crippen LogP contribution in [0.15, 0.2) is 0 Å². The Morgan fingerprint density at radius 3 is 0.750 bits per heavy atom. The smallest absolute Gasteiger partial charge is 2.00 e. The summed E-state index contributed by atoms with van der Waals surface area (Å²) in [6.45, 7) is 0. The van der Waals surface area contributed by atoms with E-state index < -0.39 is 0 Å². The maximum atomic E-state index is 0. The third kappa shape index (κ3) is 11.4. The molecule has 0 aromatic carbocycles. The molecule has 0 saturated heterocycles. The van der Waals surface area contributed by atoms with E-state index in [4.69, 9.17) is 0 Å². The van der Waals surface area contributed by atoms with Gasteiger partial charge in [0.05, 0.1) is 0 Å². The Labute approximate surface area is 48.4 Å². The van der Waals surface area contributed by atoms with Crippen molar-refractivity contribution in [2.45, 2.75) is 0 Å². The van der Waals surface area contributed by atoms with Gasteiger partial charge in [0, 0.05) is 0 Å². The summed E-state index contributed by atoms with van der Waals surface area (Å²) in [6, 6.07) is 0. The zero-order chi connectivity index (χ0) is 0. The molecule has 1 radical (unpaired) electrons. The van der Waals surface area contributed by atoms with Gasteiger partial charge < -0.3 is 11.0 Å². The standard InChI is InChI=1S/Co.2O.Pd/q+2;2*-2;+2. The molecule has 0 aliphatic heterocycles. The molecule has 0 amide bonds. The summed E-state index contributed by atoms with van der Waals surface area (Å²) in [5.74, 6) is 0. The second-order valence-electron chi connectivity index (χ2n) is 0. The first-order chi connectivity index (χ1) is 0. The molecule has 0 aromatic heterocycles. The normalized spacial score (nSPS) is 0. The molecule has 0 saturated carbocycles. The van der Waals surface area contributed by atoms with Gasteiger partial charge in [-0.15, -0.1) is 0 Å². The first-order valence-corrected chi connectivity index (χ1v) is 0. The molecule has 0 bridgehead atoms. The third-order valence-electron chi connectivity index (χ3n) is 0. The van der Waals surface area contributed by atoms with Crippen molar-refractivity contribution in [3.63, 3.8) is 0 Å². The van der Waals surface area contributed by atoms with Gasteiger partial charge in [-0.05, 0) is 0 Å². The summed E-state index contributed by atoms with van der Waals surface area (Å²) >= 11 is 0. The second-order valence-corrected chi connectivity index (χ2v) is 0. The van der Waals surface area contributed by atoms with Crippen LogP contribution < -0.4 is 0 Å². The van der Waals surface area contributed by atoms with Crippen molar-refractivity contribution in [3.8, 4) is 0 Å². The molecule has 4 heavy (non-hydrogen) atoms. The minimum Gasteiger partial charge on any atom is -2.00 e. The van der Waals surface area contributed by atoms with Crippen LogP contribution in [-0.2, 0) is 48.2 Å². The molecule has 0 N–H and O–H groups in total. The van der Waals surface area contributed by atoms with Crippen LogP contribution in [0.5, 0.6) is 0 Å². The summed E-state index contributed by atoms with van der Waals surface area (Å²) in [4.78, 5) is 0. The van der Waals surface area contributed by atoms with Crippen molar-refractivity contribution in [3.05, 3.63) is 0 Å². The molecule has 0 fully saturated rings. The van der Waals surface area contributed by atoms with Crippen LogP contribution in [0.2, 0.25) is 0 Å². The SMILES string of the molecule is [Co+2].[O-2].[O-2].[Pd+2]. The van der Waals surface area contributed by atoms with Crippen molar-refractivity contribution in [1.82, 2.24) is 0 Å². The van der Waals surface area contributed by atoms with Crippen LogP contribution >= 0.6 is 0 Å². The number of rotatable bonds is 0. The van der Waals surface area contributed by atoms with E-state index in [9.17, 15) is 0 Å². The largest absolute Gasteiger partial charge is 2.00 e. The van der Waals surface area contributed by atoms with Crippen molar-refractivity contribution in [2.24, 2.45) is 0 Å². The molecule has 0 rings (SSSR count). The Balaban J connectivity index is 0. The molecule has 31 valence electrons. The fourth-order valence-electron chi connectivity index (χ4n) is 0. The monoisotopic (exact) mass is 197 g/mol. The van der Waals surface area contributed by atoms with E-state index >= 15 is 0 Å². The second kappa shape index (κ2) is 32.9. The van der Waals surface area contributed by atoms with Crippen molar-refractivity contribution >= 4 is 0 Å². The molecule has 2 nitrogen and oxygen atoms in total. The fraction of sp³-hybridized carbons (Fsp3) is 0. The van der Waals surface area contributed by atoms with Gasteiger partial charge in [-0.3, -0.25) is 0 Å². The molecule has 0 aliphatic carbocycles. The minimum absolute atomic E-state index is 0. The molecule has 4 heteroatoms. The fourth-order valence-corrected chi connectivity index (χ4v) is 0. The minimum atomic E-state index is 0. The van der Waals surface area contributed by atoms with E-state index in [2.05, 4.69) is 0 Å². The van der Waals surface area contributed by atoms with E-state index in [1.54, 1.807) is 0 Å². The average Bonchev–Trinajstić information content (AvgIpc) is 0. The molecular formula is CoO2Pd. The van der Waals surface area contributed by atoms with Gasteiger partial charge in [-0.1, -0.05) is 0 Å². The number of hydrogen-bond donors (Lipinski definition) is 0. The van der Waals surface area contributed by atoms with Gasteiger partial charge in [0.2, 0.25) is 0 Å². The van der Waals surface area contributed by atoms with Gasteiger partial charge in [0.25, 0.3) is 0 Å². The van der Waals surface area contributed by atoms with Crippen molar-refractivity contribution < 1.29 is 48.2 Å². The van der Waals surface area contributed by atoms with E-state index in [1.807, 2.05) is 0 Å². The maximum Gasteiger partial charge on any atom is 2.00 e. The molecule has 0 atom stereocenters. The first kappa shape index (κ1) is 71.8. The number of hydrogen-bond acceptors (Lipinski definition) is 0. The Kier molecular flexibility index (Phi) is 590. The predicted octanol–water partition coefficient (Wildman–Crippen LogP) is -0.243. The van der Waals surface area contributed by atoms with E-state index in [0.717, 1.165) is 0 Å². The molecule has 0 unspecified atom stereocenters. The van der Waals surface area contributed by atoms with Crippen molar-refractivity contribution in [1.29, 1.82) is 0 Å². The van der Waals surface area contributed by atoms with Gasteiger partial charge in [0.1, 0.15) is 0 Å². The van der Waals surface area contributed by atoms with Crippen LogP contribution in [0.3, 0.4) is 0 Å². The molecule has 0 spiro atoms. The molecule has 0 heterocycles. The van der Waals surface area contributed by atoms with Gasteiger partial charge in [-0.2, -0.15) is 0 Å². The summed E-state index contributed by atoms with van der Waals surface area (Å²) in [5.41, 5.74) is 0. The quantitative estimate of drug-likeness (QED) is 0.481. The Morgan fingerprint density at radius 1 is 0.750 bits per heavy atom. The van der Waals surface area contributed by atoms with Crippen LogP contribution in [0.25, 0.3) is 0 Å². The topological polar surface area (TPSA) is 57.0 Å². The Hall–Kier alpha value is 1.09. The van der Waals surface area contributed by atoms with Gasteiger partial charge in [0.15, 0.2) is 0 Å². The molecular weight excluding hydrogens is 197 g/mol. The summed E-state index contributed by atoms with van der Waals surface area (Å²) in [5, 5.41) is 0. The van der Waals surface area contributed by atoms with Crippen LogP contribution in [0, 0.1) is 0 Å². The van der Waals surface area contributed by atoms with Gasteiger partial charge in [-0.25, -0.2) is 0 Å². The summed E-state index contributed by atoms with van der Waals surface area (Å²) < 4.78 is 0. The van der Waals surface area contributed by atoms with Crippen molar-refractivity contribution in [2.75, 3.05) is 0 Å². The van der Waals surface area contributed by atoms with E-state index in [-0.39, 0.29) is 48.2 Å². The summed E-state index contributed by atoms with van der Waals surface area (Å²) in [7, 11) is 0. The van der Waals surface area contributed by atoms with Gasteiger partial charge >= 0.3 is 37.2 Å². The van der Waals surface area contributed by atoms with E-state index in [1.165, 1.54) is 0 Å². The zero-order valence-electron chi connectivity index (χ0n) is 1.47. The summed E-state index contributed by atoms with van der Waals surface area (Å²) in [6.07, 6.45) is 0. The first-order valence-electron chi connectivity index (χ1n) is 0. The Morgan fingerprint density at radius 2 is 0.750 bits per heavy atom. The molecule has 0 aromatic rings. The average molecular weight is 197 g/mol. The zero-order valence-corrected chi connectivity index (χ0v) is 4.06. The van der Waals surface area contributed by atoms with Crippen LogP contribution in [0.4, 0.5) is 0 Å². The maximum absolute atomic E-state index is 0. The van der Waals surface area contributed by atoms with E-state index in [0.29, 0.717) is 0 Å². The molecule has 0 aliphatic rings. The Bertz CT molecular complexity index is 6.00. The predicted molar refractivity (Wildman–Crippen MR) is 1.37 cm³/mol. The third-order valence-corrected chi connectivity index (χ3v) is 0. The van der Waals surface area contributed by atoms with Crippen LogP contribution in [0.1, 0.15) is 0 Å².